The molecule has 0 spiro atoms. The lowest BCUT2D eigenvalue weighted by atomic mass is 10.1. The lowest BCUT2D eigenvalue weighted by molar-refractivity contribution is 0.481. The van der Waals surface area contributed by atoms with Crippen molar-refractivity contribution in [3.8, 4) is 0 Å². The van der Waals surface area contributed by atoms with Crippen LogP contribution in [-0.2, 0) is 16.5 Å². The zero-order chi connectivity index (χ0) is 12.7. The van der Waals surface area contributed by atoms with E-state index in [1.54, 1.807) is 18.2 Å². The third-order valence-electron chi connectivity index (χ3n) is 2.80. The van der Waals surface area contributed by atoms with Gasteiger partial charge < -0.3 is 6.15 Å². The summed E-state index contributed by atoms with van der Waals surface area (Å²) in [6.07, 6.45) is 6.38. The summed E-state index contributed by atoms with van der Waals surface area (Å²) < 4.78 is 31.4. The Labute approximate surface area is 110 Å². The first-order valence-corrected chi connectivity index (χ1v) is 7.55. The van der Waals surface area contributed by atoms with Gasteiger partial charge in [-0.1, -0.05) is 50.8 Å². The monoisotopic (exact) mass is 273 g/mol. The minimum Gasteiger partial charge on any atom is -0.344 e. The first kappa shape index (κ1) is 17.1. The minimum atomic E-state index is -4.08. The van der Waals surface area contributed by atoms with E-state index in [0.717, 1.165) is 12.8 Å². The first-order valence-electron chi connectivity index (χ1n) is 6.11. The molecule has 0 aliphatic rings. The van der Waals surface area contributed by atoms with Crippen molar-refractivity contribution in [3.05, 3.63) is 29.8 Å². The van der Waals surface area contributed by atoms with E-state index in [9.17, 15) is 8.42 Å². The molecule has 0 atom stereocenters. The topological polar surface area (TPSA) is 89.4 Å². The van der Waals surface area contributed by atoms with Crippen molar-refractivity contribution in [2.24, 2.45) is 0 Å². The van der Waals surface area contributed by atoms with Crippen LogP contribution in [0.3, 0.4) is 0 Å². The third kappa shape index (κ3) is 5.62. The average molecular weight is 273 g/mol. The Kier molecular flexibility index (Phi) is 7.82. The normalized spacial score (nSPS) is 11.0. The van der Waals surface area contributed by atoms with E-state index in [4.69, 9.17) is 4.55 Å². The Morgan fingerprint density at radius 2 is 1.67 bits per heavy atom. The molecular weight excluding hydrogens is 250 g/mol. The zero-order valence-corrected chi connectivity index (χ0v) is 11.7. The van der Waals surface area contributed by atoms with Gasteiger partial charge in [-0.25, -0.2) is 0 Å². The number of hydrogen-bond acceptors (Lipinski definition) is 3. The van der Waals surface area contributed by atoms with Crippen LogP contribution in [0.4, 0.5) is 0 Å². The molecule has 4 N–H and O–H groups in total. The Bertz CT molecular complexity index is 443. The van der Waals surface area contributed by atoms with Crippen molar-refractivity contribution in [1.29, 1.82) is 0 Å². The summed E-state index contributed by atoms with van der Waals surface area (Å²) in [5.74, 6) is 0. The molecule has 1 rings (SSSR count). The number of benzene rings is 1. The number of hydrogen-bond donors (Lipinski definition) is 2. The number of aryl methyl sites for hydroxylation is 1. The number of unbranched alkanes of at least 4 members (excludes halogenated alkanes) is 4. The van der Waals surface area contributed by atoms with Crippen LogP contribution in [-0.4, -0.2) is 13.0 Å². The second-order valence-electron chi connectivity index (χ2n) is 4.25. The third-order valence-corrected chi connectivity index (χ3v) is 3.75. The molecule has 0 bridgehead atoms. The molecule has 0 amide bonds. The van der Waals surface area contributed by atoms with E-state index >= 15 is 0 Å². The fourth-order valence-corrected chi connectivity index (χ4v) is 2.63. The molecule has 0 aliphatic carbocycles. The van der Waals surface area contributed by atoms with Gasteiger partial charge in [0, 0.05) is 0 Å². The molecule has 18 heavy (non-hydrogen) atoms. The first-order chi connectivity index (χ1) is 8.05. The van der Waals surface area contributed by atoms with Gasteiger partial charge in [0.1, 0.15) is 0 Å². The van der Waals surface area contributed by atoms with E-state index < -0.39 is 10.1 Å². The van der Waals surface area contributed by atoms with Gasteiger partial charge >= 0.3 is 0 Å². The molecule has 0 fully saturated rings. The van der Waals surface area contributed by atoms with Crippen LogP contribution in [0.25, 0.3) is 0 Å². The largest absolute Gasteiger partial charge is 0.344 e. The van der Waals surface area contributed by atoms with Crippen LogP contribution in [0.5, 0.6) is 0 Å². The van der Waals surface area contributed by atoms with E-state index in [-0.39, 0.29) is 11.0 Å². The fraction of sp³-hybridized carbons (Fsp3) is 0.538. The second kappa shape index (κ2) is 8.24. The predicted octanol–water partition coefficient (Wildman–Crippen LogP) is 3.61. The van der Waals surface area contributed by atoms with E-state index in [0.29, 0.717) is 12.0 Å². The SMILES string of the molecule is CCCCCCCc1ccccc1S(=O)(=O)O.N. The Balaban J connectivity index is 0.00000289. The lowest BCUT2D eigenvalue weighted by Crippen LogP contribution is -2.03. The molecule has 0 saturated carbocycles. The lowest BCUT2D eigenvalue weighted by Gasteiger charge is -2.06. The molecule has 0 aromatic heterocycles. The number of rotatable bonds is 7. The van der Waals surface area contributed by atoms with Crippen LogP contribution >= 0.6 is 0 Å². The Morgan fingerprint density at radius 3 is 2.28 bits per heavy atom. The Hall–Kier alpha value is -0.910. The zero-order valence-electron chi connectivity index (χ0n) is 10.9. The van der Waals surface area contributed by atoms with Crippen molar-refractivity contribution < 1.29 is 13.0 Å². The minimum absolute atomic E-state index is 0. The molecule has 4 nitrogen and oxygen atoms in total. The fourth-order valence-electron chi connectivity index (χ4n) is 1.88. The van der Waals surface area contributed by atoms with E-state index in [2.05, 4.69) is 6.92 Å². The van der Waals surface area contributed by atoms with E-state index in [1.165, 1.54) is 25.3 Å². The van der Waals surface area contributed by atoms with Gasteiger partial charge in [0.25, 0.3) is 10.1 Å². The standard InChI is InChI=1S/C13H20O3S.H3N/c1-2-3-4-5-6-9-12-10-7-8-11-13(12)17(14,15)16;/h7-8,10-11H,2-6,9H2,1H3,(H,14,15,16);1H3. The van der Waals surface area contributed by atoms with Gasteiger partial charge in [-0.05, 0) is 24.5 Å². The van der Waals surface area contributed by atoms with Gasteiger partial charge in [-0.15, -0.1) is 0 Å². The van der Waals surface area contributed by atoms with Crippen molar-refractivity contribution in [2.75, 3.05) is 0 Å². The summed E-state index contributed by atoms with van der Waals surface area (Å²) in [6, 6.07) is 6.65. The molecule has 0 heterocycles. The molecule has 1 aromatic rings. The van der Waals surface area contributed by atoms with Crippen molar-refractivity contribution in [2.45, 2.75) is 50.3 Å². The smallest absolute Gasteiger partial charge is 0.294 e. The average Bonchev–Trinajstić information content (AvgIpc) is 2.28. The molecule has 0 aliphatic heterocycles. The maximum absolute atomic E-state index is 11.1. The van der Waals surface area contributed by atoms with Crippen LogP contribution < -0.4 is 6.15 Å². The van der Waals surface area contributed by atoms with Crippen molar-refractivity contribution in [3.63, 3.8) is 0 Å². The summed E-state index contributed by atoms with van der Waals surface area (Å²) in [5.41, 5.74) is 0.714. The van der Waals surface area contributed by atoms with Crippen LogP contribution in [0.2, 0.25) is 0 Å². The highest BCUT2D eigenvalue weighted by Gasteiger charge is 2.13. The van der Waals surface area contributed by atoms with Gasteiger partial charge in [-0.3, -0.25) is 4.55 Å². The highest BCUT2D eigenvalue weighted by Crippen LogP contribution is 2.18. The van der Waals surface area contributed by atoms with Crippen molar-refractivity contribution >= 4 is 10.1 Å². The summed E-state index contributed by atoms with van der Waals surface area (Å²) in [4.78, 5) is 0.0514. The second-order valence-corrected chi connectivity index (χ2v) is 5.64. The Morgan fingerprint density at radius 1 is 1.06 bits per heavy atom. The molecule has 1 aromatic carbocycles. The maximum Gasteiger partial charge on any atom is 0.294 e. The molecule has 0 radical (unpaired) electrons. The summed E-state index contributed by atoms with van der Waals surface area (Å²) >= 11 is 0. The maximum atomic E-state index is 11.1. The van der Waals surface area contributed by atoms with Crippen LogP contribution in [0.1, 0.15) is 44.6 Å². The summed E-state index contributed by atoms with van der Waals surface area (Å²) in [6.45, 7) is 2.16. The van der Waals surface area contributed by atoms with Gasteiger partial charge in [0.05, 0.1) is 4.90 Å². The van der Waals surface area contributed by atoms with Gasteiger partial charge in [0.2, 0.25) is 0 Å². The van der Waals surface area contributed by atoms with E-state index in [1.807, 2.05) is 0 Å². The molecule has 0 saturated heterocycles. The molecule has 104 valence electrons. The molecule has 5 heteroatoms. The van der Waals surface area contributed by atoms with Crippen molar-refractivity contribution in [1.82, 2.24) is 6.15 Å². The molecular formula is C13H23NO3S. The van der Waals surface area contributed by atoms with Gasteiger partial charge in [-0.2, -0.15) is 8.42 Å². The highest BCUT2D eigenvalue weighted by molar-refractivity contribution is 7.85. The summed E-state index contributed by atoms with van der Waals surface area (Å²) in [7, 11) is -4.08. The van der Waals surface area contributed by atoms with Crippen LogP contribution in [0.15, 0.2) is 29.2 Å². The quantitative estimate of drug-likeness (QED) is 0.586. The van der Waals surface area contributed by atoms with Gasteiger partial charge in [0.15, 0.2) is 0 Å². The highest BCUT2D eigenvalue weighted by atomic mass is 32.2. The van der Waals surface area contributed by atoms with Crippen LogP contribution in [0, 0.1) is 0 Å². The summed E-state index contributed by atoms with van der Waals surface area (Å²) in [5, 5.41) is 0. The molecule has 0 unspecified atom stereocenters. The predicted molar refractivity (Wildman–Crippen MR) is 73.7 cm³/mol.